The van der Waals surface area contributed by atoms with Crippen molar-refractivity contribution in [2.24, 2.45) is 5.73 Å². The van der Waals surface area contributed by atoms with Gasteiger partial charge in [0.25, 0.3) is 0 Å². The van der Waals surface area contributed by atoms with Gasteiger partial charge in [0.1, 0.15) is 5.82 Å². The molecule has 0 aromatic heterocycles. The fourth-order valence-electron chi connectivity index (χ4n) is 1.87. The third kappa shape index (κ3) is 3.25. The maximum Gasteiger partial charge on any atom is 0.164 e. The van der Waals surface area contributed by atoms with Crippen molar-refractivity contribution in [2.45, 2.75) is 45.4 Å². The molecule has 0 amide bonds. The van der Waals surface area contributed by atoms with Crippen molar-refractivity contribution in [3.8, 4) is 0 Å². The van der Waals surface area contributed by atoms with Gasteiger partial charge in [-0.15, -0.1) is 0 Å². The van der Waals surface area contributed by atoms with E-state index in [4.69, 9.17) is 5.73 Å². The Morgan fingerprint density at radius 2 is 1.67 bits per heavy atom. The van der Waals surface area contributed by atoms with Crippen molar-refractivity contribution < 1.29 is 13.2 Å². The molecule has 0 aliphatic heterocycles. The zero-order valence-electron chi connectivity index (χ0n) is 11.1. The predicted molar refractivity (Wildman–Crippen MR) is 67.0 cm³/mol. The molecule has 0 heterocycles. The van der Waals surface area contributed by atoms with E-state index in [2.05, 4.69) is 0 Å². The van der Waals surface area contributed by atoms with Crippen LogP contribution in [0.25, 0.3) is 0 Å². The first-order chi connectivity index (χ1) is 8.29. The van der Waals surface area contributed by atoms with Crippen LogP contribution in [0.4, 0.5) is 13.2 Å². The molecule has 1 aromatic carbocycles. The SMILES string of the molecule is CC(C)(C)c1cc(F)c(F)c(CCCCN)c1F. The summed E-state index contributed by atoms with van der Waals surface area (Å²) in [6.07, 6.45) is 1.40. The van der Waals surface area contributed by atoms with Crippen LogP contribution in [0.1, 0.15) is 44.7 Å². The molecule has 1 rings (SSSR count). The van der Waals surface area contributed by atoms with Crippen LogP contribution >= 0.6 is 0 Å². The van der Waals surface area contributed by atoms with E-state index in [9.17, 15) is 13.2 Å². The minimum atomic E-state index is -1.07. The van der Waals surface area contributed by atoms with E-state index < -0.39 is 22.9 Å². The van der Waals surface area contributed by atoms with Crippen molar-refractivity contribution in [3.05, 3.63) is 34.6 Å². The molecule has 4 heteroatoms. The van der Waals surface area contributed by atoms with Crippen LogP contribution in [-0.2, 0) is 11.8 Å². The van der Waals surface area contributed by atoms with Crippen molar-refractivity contribution in [1.29, 1.82) is 0 Å². The Kier molecular flexibility index (Phi) is 4.79. The van der Waals surface area contributed by atoms with Crippen LogP contribution in [0.3, 0.4) is 0 Å². The van der Waals surface area contributed by atoms with E-state index >= 15 is 0 Å². The van der Waals surface area contributed by atoms with E-state index in [1.54, 1.807) is 20.8 Å². The summed E-state index contributed by atoms with van der Waals surface area (Å²) in [5.74, 6) is -2.68. The minimum Gasteiger partial charge on any atom is -0.330 e. The van der Waals surface area contributed by atoms with Gasteiger partial charge < -0.3 is 5.73 Å². The molecule has 0 aliphatic carbocycles. The summed E-state index contributed by atoms with van der Waals surface area (Å²) in [6.45, 7) is 5.77. The molecule has 1 nitrogen and oxygen atoms in total. The van der Waals surface area contributed by atoms with E-state index in [1.807, 2.05) is 0 Å². The first-order valence-corrected chi connectivity index (χ1v) is 6.16. The van der Waals surface area contributed by atoms with Crippen molar-refractivity contribution in [3.63, 3.8) is 0 Å². The second kappa shape index (κ2) is 5.74. The third-order valence-electron chi connectivity index (χ3n) is 2.94. The Morgan fingerprint density at radius 1 is 1.06 bits per heavy atom. The van der Waals surface area contributed by atoms with Gasteiger partial charge >= 0.3 is 0 Å². The zero-order valence-corrected chi connectivity index (χ0v) is 11.1. The molecule has 1 aromatic rings. The summed E-state index contributed by atoms with van der Waals surface area (Å²) in [5.41, 5.74) is 4.84. The molecule has 0 atom stereocenters. The quantitative estimate of drug-likeness (QED) is 0.647. The van der Waals surface area contributed by atoms with E-state index in [-0.39, 0.29) is 17.5 Å². The molecule has 0 unspecified atom stereocenters. The van der Waals surface area contributed by atoms with Crippen molar-refractivity contribution in [1.82, 2.24) is 0 Å². The predicted octanol–water partition coefficient (Wildman–Crippen LogP) is 3.68. The molecule has 0 aliphatic rings. The average Bonchev–Trinajstić information content (AvgIpc) is 2.26. The molecule has 0 saturated heterocycles. The average molecular weight is 259 g/mol. The fraction of sp³-hybridized carbons (Fsp3) is 0.571. The Balaban J connectivity index is 3.19. The Morgan fingerprint density at radius 3 is 2.17 bits per heavy atom. The highest BCUT2D eigenvalue weighted by Gasteiger charge is 2.25. The van der Waals surface area contributed by atoms with Gasteiger partial charge in [-0.2, -0.15) is 0 Å². The summed E-state index contributed by atoms with van der Waals surface area (Å²) in [6, 6.07) is 0.955. The summed E-state index contributed by atoms with van der Waals surface area (Å²) in [4.78, 5) is 0. The lowest BCUT2D eigenvalue weighted by Crippen LogP contribution is -2.17. The van der Waals surface area contributed by atoms with Crippen LogP contribution in [0.5, 0.6) is 0 Å². The van der Waals surface area contributed by atoms with Gasteiger partial charge in [-0.3, -0.25) is 0 Å². The molecular weight excluding hydrogens is 239 g/mol. The molecule has 0 spiro atoms. The highest BCUT2D eigenvalue weighted by molar-refractivity contribution is 5.33. The third-order valence-corrected chi connectivity index (χ3v) is 2.94. The number of unbranched alkanes of at least 4 members (excludes halogenated alkanes) is 1. The maximum atomic E-state index is 14.2. The van der Waals surface area contributed by atoms with Gasteiger partial charge in [-0.25, -0.2) is 13.2 Å². The number of benzene rings is 1. The second-order valence-electron chi connectivity index (χ2n) is 5.51. The number of hydrogen-bond donors (Lipinski definition) is 1. The molecule has 0 fully saturated rings. The first-order valence-electron chi connectivity index (χ1n) is 6.16. The highest BCUT2D eigenvalue weighted by atomic mass is 19.2. The van der Waals surface area contributed by atoms with Crippen LogP contribution < -0.4 is 5.73 Å². The van der Waals surface area contributed by atoms with Gasteiger partial charge in [0, 0.05) is 5.56 Å². The summed E-state index contributed by atoms with van der Waals surface area (Å²) in [7, 11) is 0. The van der Waals surface area contributed by atoms with Crippen LogP contribution in [0.15, 0.2) is 6.07 Å². The van der Waals surface area contributed by atoms with Gasteiger partial charge in [-0.05, 0) is 42.9 Å². The molecule has 2 N–H and O–H groups in total. The highest BCUT2D eigenvalue weighted by Crippen LogP contribution is 2.30. The van der Waals surface area contributed by atoms with Crippen LogP contribution in [0.2, 0.25) is 0 Å². The number of hydrogen-bond acceptors (Lipinski definition) is 1. The largest absolute Gasteiger partial charge is 0.330 e. The summed E-state index contributed by atoms with van der Waals surface area (Å²) < 4.78 is 41.3. The molecule has 102 valence electrons. The van der Waals surface area contributed by atoms with Crippen LogP contribution in [-0.4, -0.2) is 6.54 Å². The van der Waals surface area contributed by atoms with Gasteiger partial charge in [0.15, 0.2) is 11.6 Å². The van der Waals surface area contributed by atoms with Crippen LogP contribution in [0, 0.1) is 17.5 Å². The van der Waals surface area contributed by atoms with Gasteiger partial charge in [0.05, 0.1) is 0 Å². The number of rotatable bonds is 4. The normalized spacial score (nSPS) is 11.9. The monoisotopic (exact) mass is 259 g/mol. The van der Waals surface area contributed by atoms with E-state index in [0.717, 1.165) is 6.07 Å². The summed E-state index contributed by atoms with van der Waals surface area (Å²) in [5, 5.41) is 0. The van der Waals surface area contributed by atoms with Gasteiger partial charge in [-0.1, -0.05) is 20.8 Å². The van der Waals surface area contributed by atoms with E-state index in [1.165, 1.54) is 0 Å². The smallest absolute Gasteiger partial charge is 0.164 e. The second-order valence-corrected chi connectivity index (χ2v) is 5.51. The Hall–Kier alpha value is -1.03. The topological polar surface area (TPSA) is 26.0 Å². The number of nitrogens with two attached hydrogens (primary N) is 1. The maximum absolute atomic E-state index is 14.2. The first kappa shape index (κ1) is 15.0. The molecular formula is C14H20F3N. The van der Waals surface area contributed by atoms with Gasteiger partial charge in [0.2, 0.25) is 0 Å². The standard InChI is InChI=1S/C14H20F3N/c1-14(2,3)10-8-11(15)13(17)9(12(10)16)6-4-5-7-18/h8H,4-7,18H2,1-3H3. The lowest BCUT2D eigenvalue weighted by molar-refractivity contribution is 0.451. The molecule has 0 radical (unpaired) electrons. The van der Waals surface area contributed by atoms with Crippen molar-refractivity contribution >= 4 is 0 Å². The molecule has 0 bridgehead atoms. The minimum absolute atomic E-state index is 0.159. The lowest BCUT2D eigenvalue weighted by atomic mass is 9.84. The molecule has 0 saturated carbocycles. The Labute approximate surface area is 106 Å². The lowest BCUT2D eigenvalue weighted by Gasteiger charge is -2.22. The van der Waals surface area contributed by atoms with E-state index in [0.29, 0.717) is 19.4 Å². The summed E-state index contributed by atoms with van der Waals surface area (Å²) >= 11 is 0. The zero-order chi connectivity index (χ0) is 13.9. The molecule has 18 heavy (non-hydrogen) atoms. The Bertz CT molecular complexity index is 422. The number of halogens is 3. The fourth-order valence-corrected chi connectivity index (χ4v) is 1.87. The van der Waals surface area contributed by atoms with Crippen molar-refractivity contribution in [2.75, 3.05) is 6.54 Å².